The summed E-state index contributed by atoms with van der Waals surface area (Å²) in [6.07, 6.45) is 3.02. The fourth-order valence-electron chi connectivity index (χ4n) is 2.05. The highest BCUT2D eigenvalue weighted by Crippen LogP contribution is 2.24. The van der Waals surface area contributed by atoms with E-state index in [1.807, 2.05) is 0 Å². The second-order valence-corrected chi connectivity index (χ2v) is 6.22. The molecule has 0 aromatic rings. The normalized spacial score (nSPS) is 22.2. The number of nitrogens with zero attached hydrogens (tertiary/aromatic N) is 1. The minimum Gasteiger partial charge on any atom is -0.377 e. The molecule has 1 fully saturated rings. The predicted molar refractivity (Wildman–Crippen MR) is 68.6 cm³/mol. The Morgan fingerprint density at radius 1 is 1.27 bits per heavy atom. The molecule has 0 aliphatic carbocycles. The van der Waals surface area contributed by atoms with E-state index in [4.69, 9.17) is 4.74 Å². The molecule has 90 valence electrons. The van der Waals surface area contributed by atoms with E-state index in [0.717, 1.165) is 19.1 Å². The van der Waals surface area contributed by atoms with Crippen molar-refractivity contribution in [2.24, 2.45) is 5.92 Å². The van der Waals surface area contributed by atoms with E-state index in [1.54, 1.807) is 0 Å². The van der Waals surface area contributed by atoms with Crippen LogP contribution in [-0.2, 0) is 4.74 Å². The summed E-state index contributed by atoms with van der Waals surface area (Å²) in [5.74, 6) is 0.868. The van der Waals surface area contributed by atoms with Gasteiger partial charge in [0.05, 0.1) is 12.7 Å². The largest absolute Gasteiger partial charge is 0.377 e. The van der Waals surface area contributed by atoms with Crippen molar-refractivity contribution in [2.75, 3.05) is 26.2 Å². The van der Waals surface area contributed by atoms with E-state index in [2.05, 4.69) is 41.6 Å². The van der Waals surface area contributed by atoms with Gasteiger partial charge in [0.15, 0.2) is 0 Å². The first-order valence-electron chi connectivity index (χ1n) is 6.07. The third-order valence-electron chi connectivity index (χ3n) is 3.14. The zero-order chi connectivity index (χ0) is 11.3. The first kappa shape index (κ1) is 13.5. The van der Waals surface area contributed by atoms with Gasteiger partial charge in [-0.15, -0.1) is 0 Å². The average molecular weight is 278 g/mol. The SMILES string of the molecule is CC(C)OCCN1CCC(C(C)Br)CC1. The quantitative estimate of drug-likeness (QED) is 0.717. The van der Waals surface area contributed by atoms with Gasteiger partial charge in [-0.3, -0.25) is 0 Å². The number of hydrogen-bond donors (Lipinski definition) is 0. The summed E-state index contributed by atoms with van der Waals surface area (Å²) in [6.45, 7) is 10.9. The summed E-state index contributed by atoms with van der Waals surface area (Å²) >= 11 is 3.68. The van der Waals surface area contributed by atoms with Gasteiger partial charge < -0.3 is 9.64 Å². The molecule has 0 aromatic carbocycles. The van der Waals surface area contributed by atoms with Crippen molar-refractivity contribution in [3.8, 4) is 0 Å². The Kier molecular flexibility index (Phi) is 6.17. The van der Waals surface area contributed by atoms with Crippen LogP contribution in [0.4, 0.5) is 0 Å². The van der Waals surface area contributed by atoms with Crippen LogP contribution in [0, 0.1) is 5.92 Å². The molecule has 15 heavy (non-hydrogen) atoms. The monoisotopic (exact) mass is 277 g/mol. The highest BCUT2D eigenvalue weighted by atomic mass is 79.9. The lowest BCUT2D eigenvalue weighted by Crippen LogP contribution is -2.38. The van der Waals surface area contributed by atoms with E-state index in [-0.39, 0.29) is 0 Å². The number of alkyl halides is 1. The van der Waals surface area contributed by atoms with E-state index in [0.29, 0.717) is 10.9 Å². The Labute approximate surface area is 102 Å². The maximum absolute atomic E-state index is 5.57. The second kappa shape index (κ2) is 6.87. The molecule has 0 N–H and O–H groups in total. The van der Waals surface area contributed by atoms with Crippen molar-refractivity contribution in [3.63, 3.8) is 0 Å². The van der Waals surface area contributed by atoms with Crippen molar-refractivity contribution in [1.29, 1.82) is 0 Å². The van der Waals surface area contributed by atoms with Crippen molar-refractivity contribution in [3.05, 3.63) is 0 Å². The zero-order valence-electron chi connectivity index (χ0n) is 10.2. The fourth-order valence-corrected chi connectivity index (χ4v) is 2.58. The second-order valence-electron chi connectivity index (χ2n) is 4.78. The van der Waals surface area contributed by atoms with Crippen LogP contribution in [0.1, 0.15) is 33.6 Å². The highest BCUT2D eigenvalue weighted by Gasteiger charge is 2.21. The van der Waals surface area contributed by atoms with Crippen LogP contribution in [0.2, 0.25) is 0 Å². The number of piperidine rings is 1. The van der Waals surface area contributed by atoms with Gasteiger partial charge >= 0.3 is 0 Å². The molecule has 0 spiro atoms. The van der Waals surface area contributed by atoms with Crippen molar-refractivity contribution in [1.82, 2.24) is 4.90 Å². The van der Waals surface area contributed by atoms with Crippen LogP contribution in [0.3, 0.4) is 0 Å². The Bertz CT molecular complexity index is 162. The van der Waals surface area contributed by atoms with Gasteiger partial charge in [0.2, 0.25) is 0 Å². The fraction of sp³-hybridized carbons (Fsp3) is 1.00. The molecule has 1 heterocycles. The van der Waals surface area contributed by atoms with Crippen molar-refractivity contribution in [2.45, 2.75) is 44.5 Å². The molecule has 1 rings (SSSR count). The Morgan fingerprint density at radius 2 is 1.87 bits per heavy atom. The molecule has 1 atom stereocenters. The molecule has 0 radical (unpaired) electrons. The first-order valence-corrected chi connectivity index (χ1v) is 6.99. The lowest BCUT2D eigenvalue weighted by atomic mass is 9.94. The van der Waals surface area contributed by atoms with Gasteiger partial charge in [-0.05, 0) is 45.7 Å². The number of likely N-dealkylation sites (tertiary alicyclic amines) is 1. The van der Waals surface area contributed by atoms with Gasteiger partial charge in [0.1, 0.15) is 0 Å². The highest BCUT2D eigenvalue weighted by molar-refractivity contribution is 9.09. The average Bonchev–Trinajstić information content (AvgIpc) is 2.18. The van der Waals surface area contributed by atoms with E-state index in [1.165, 1.54) is 25.9 Å². The smallest absolute Gasteiger partial charge is 0.0596 e. The molecule has 2 nitrogen and oxygen atoms in total. The number of rotatable bonds is 5. The topological polar surface area (TPSA) is 12.5 Å². The van der Waals surface area contributed by atoms with E-state index in [9.17, 15) is 0 Å². The van der Waals surface area contributed by atoms with Crippen LogP contribution >= 0.6 is 15.9 Å². The minimum absolute atomic E-state index is 0.366. The molecule has 0 bridgehead atoms. The van der Waals surface area contributed by atoms with Gasteiger partial charge in [0.25, 0.3) is 0 Å². The molecule has 1 unspecified atom stereocenters. The van der Waals surface area contributed by atoms with Crippen molar-refractivity contribution < 1.29 is 4.74 Å². The number of halogens is 1. The van der Waals surface area contributed by atoms with Gasteiger partial charge in [-0.2, -0.15) is 0 Å². The van der Waals surface area contributed by atoms with E-state index >= 15 is 0 Å². The summed E-state index contributed by atoms with van der Waals surface area (Å²) in [7, 11) is 0. The maximum atomic E-state index is 5.57. The molecule has 1 saturated heterocycles. The summed E-state index contributed by atoms with van der Waals surface area (Å²) in [5.41, 5.74) is 0. The van der Waals surface area contributed by atoms with Gasteiger partial charge in [-0.25, -0.2) is 0 Å². The van der Waals surface area contributed by atoms with Crippen LogP contribution < -0.4 is 0 Å². The summed E-state index contributed by atoms with van der Waals surface area (Å²) in [4.78, 5) is 3.19. The van der Waals surface area contributed by atoms with Crippen LogP contribution in [0.25, 0.3) is 0 Å². The molecule has 0 amide bonds. The molecular weight excluding hydrogens is 254 g/mol. The maximum Gasteiger partial charge on any atom is 0.0596 e. The number of hydrogen-bond acceptors (Lipinski definition) is 2. The third kappa shape index (κ3) is 5.32. The lowest BCUT2D eigenvalue weighted by molar-refractivity contribution is 0.0510. The summed E-state index contributed by atoms with van der Waals surface area (Å²) in [5, 5.41) is 0. The van der Waals surface area contributed by atoms with Crippen molar-refractivity contribution >= 4 is 15.9 Å². The lowest BCUT2D eigenvalue weighted by Gasteiger charge is -2.33. The molecule has 1 aliphatic heterocycles. The molecule has 1 aliphatic rings. The molecular formula is C12H24BrNO. The summed E-state index contributed by atoms with van der Waals surface area (Å²) in [6, 6.07) is 0. The first-order chi connectivity index (χ1) is 7.09. The van der Waals surface area contributed by atoms with E-state index < -0.39 is 0 Å². The standard InChI is InChI=1S/C12H24BrNO/c1-10(2)15-9-8-14-6-4-12(5-7-14)11(3)13/h10-12H,4-9H2,1-3H3. The molecule has 0 aromatic heterocycles. The van der Waals surface area contributed by atoms with Crippen LogP contribution in [0.5, 0.6) is 0 Å². The molecule has 3 heteroatoms. The zero-order valence-corrected chi connectivity index (χ0v) is 11.8. The van der Waals surface area contributed by atoms with Crippen LogP contribution in [-0.4, -0.2) is 42.1 Å². The number of ether oxygens (including phenoxy) is 1. The Balaban J connectivity index is 2.09. The molecule has 0 saturated carbocycles. The predicted octanol–water partition coefficient (Wildman–Crippen LogP) is 2.91. The Morgan fingerprint density at radius 3 is 2.33 bits per heavy atom. The van der Waals surface area contributed by atoms with Gasteiger partial charge in [0, 0.05) is 11.4 Å². The minimum atomic E-state index is 0.366. The third-order valence-corrected chi connectivity index (χ3v) is 3.89. The van der Waals surface area contributed by atoms with Crippen LogP contribution in [0.15, 0.2) is 0 Å². The Hall–Kier alpha value is 0.400. The summed E-state index contributed by atoms with van der Waals surface area (Å²) < 4.78 is 5.57. The van der Waals surface area contributed by atoms with Gasteiger partial charge in [-0.1, -0.05) is 22.9 Å².